The molecular weight excluding hydrogens is 324 g/mol. The van der Waals surface area contributed by atoms with Crippen LogP contribution in [-0.4, -0.2) is 28.3 Å². The van der Waals surface area contributed by atoms with Gasteiger partial charge < -0.3 is 5.73 Å². The number of nitrogens with two attached hydrogens (primary N) is 1. The first kappa shape index (κ1) is 23.1. The molecule has 0 saturated carbocycles. The maximum atomic E-state index is 13.3. The van der Waals surface area contributed by atoms with E-state index in [1.807, 2.05) is 20.8 Å². The van der Waals surface area contributed by atoms with Gasteiger partial charge in [-0.2, -0.15) is 0 Å². The molecule has 0 aromatic carbocycles. The first-order chi connectivity index (χ1) is 11.8. The molecule has 0 radical (unpaired) electrons. The number of nitrogens with zero attached hydrogens (tertiary/aromatic N) is 1. The fourth-order valence-electron chi connectivity index (χ4n) is 4.44. The van der Waals surface area contributed by atoms with Crippen molar-refractivity contribution in [1.29, 1.82) is 0 Å². The molecular formula is C22H42N2O2. The van der Waals surface area contributed by atoms with Crippen LogP contribution in [-0.2, 0) is 9.59 Å². The van der Waals surface area contributed by atoms with E-state index in [4.69, 9.17) is 5.73 Å². The van der Waals surface area contributed by atoms with E-state index in [2.05, 4.69) is 34.6 Å². The van der Waals surface area contributed by atoms with Gasteiger partial charge in [-0.3, -0.25) is 14.5 Å². The first-order valence-corrected chi connectivity index (χ1v) is 10.5. The predicted octanol–water partition coefficient (Wildman–Crippen LogP) is 4.76. The van der Waals surface area contributed by atoms with Crippen molar-refractivity contribution in [3.63, 3.8) is 0 Å². The summed E-state index contributed by atoms with van der Waals surface area (Å²) < 4.78 is 0. The number of hydrogen-bond acceptors (Lipinski definition) is 3. The second kappa shape index (κ2) is 8.86. The fourth-order valence-corrected chi connectivity index (χ4v) is 4.44. The minimum absolute atomic E-state index is 0.0334. The molecule has 1 aliphatic rings. The van der Waals surface area contributed by atoms with Gasteiger partial charge in [-0.15, -0.1) is 0 Å². The molecule has 1 fully saturated rings. The Kier molecular flexibility index (Phi) is 7.88. The van der Waals surface area contributed by atoms with E-state index in [-0.39, 0.29) is 35.1 Å². The Hall–Kier alpha value is -0.900. The molecule has 2 N–H and O–H groups in total. The van der Waals surface area contributed by atoms with Gasteiger partial charge >= 0.3 is 0 Å². The normalized spacial score (nSPS) is 23.2. The summed E-state index contributed by atoms with van der Waals surface area (Å²) in [5.74, 6) is 0.282. The molecule has 0 aliphatic carbocycles. The minimum Gasteiger partial charge on any atom is -0.325 e. The van der Waals surface area contributed by atoms with Crippen molar-refractivity contribution in [3.8, 4) is 0 Å². The molecule has 0 bridgehead atoms. The molecule has 26 heavy (non-hydrogen) atoms. The molecule has 4 nitrogen and oxygen atoms in total. The summed E-state index contributed by atoms with van der Waals surface area (Å²) in [6.07, 6.45) is 5.13. The van der Waals surface area contributed by atoms with Gasteiger partial charge in [0.2, 0.25) is 11.8 Å². The van der Waals surface area contributed by atoms with Gasteiger partial charge in [0, 0.05) is 17.5 Å². The quantitative estimate of drug-likeness (QED) is 0.599. The summed E-state index contributed by atoms with van der Waals surface area (Å²) in [7, 11) is 0. The molecule has 2 amide bonds. The summed E-state index contributed by atoms with van der Waals surface area (Å²) in [5.41, 5.74) is 5.91. The highest BCUT2D eigenvalue weighted by Crippen LogP contribution is 2.39. The fraction of sp³-hybridized carbons (Fsp3) is 0.909. The van der Waals surface area contributed by atoms with Crippen LogP contribution >= 0.6 is 0 Å². The minimum atomic E-state index is -0.411. The highest BCUT2D eigenvalue weighted by molar-refractivity contribution is 6.05. The van der Waals surface area contributed by atoms with Crippen molar-refractivity contribution < 1.29 is 9.59 Å². The monoisotopic (exact) mass is 366 g/mol. The summed E-state index contributed by atoms with van der Waals surface area (Å²) in [5, 5.41) is 0. The lowest BCUT2D eigenvalue weighted by Crippen LogP contribution is -2.48. The lowest BCUT2D eigenvalue weighted by atomic mass is 9.82. The number of carbonyl (C=O) groups is 2. The highest BCUT2D eigenvalue weighted by Gasteiger charge is 2.50. The smallest absolute Gasteiger partial charge is 0.233 e. The SMILES string of the molecule is CCC(CC)CC1C(=O)N(C(CC(C)(C)C)CC(C)(C)N)C(=O)C1CC. The Morgan fingerprint density at radius 1 is 0.923 bits per heavy atom. The second-order valence-electron chi connectivity index (χ2n) is 10.2. The van der Waals surface area contributed by atoms with Crippen molar-refractivity contribution >= 4 is 11.8 Å². The van der Waals surface area contributed by atoms with Gasteiger partial charge in [0.25, 0.3) is 0 Å². The Bertz CT molecular complexity index is 467. The number of rotatable bonds is 9. The summed E-state index contributed by atoms with van der Waals surface area (Å²) in [6.45, 7) is 16.8. The molecule has 3 atom stereocenters. The second-order valence-corrected chi connectivity index (χ2v) is 10.2. The summed E-state index contributed by atoms with van der Waals surface area (Å²) >= 11 is 0. The van der Waals surface area contributed by atoms with Crippen molar-refractivity contribution in [1.82, 2.24) is 4.90 Å². The molecule has 0 aromatic heterocycles. The van der Waals surface area contributed by atoms with Crippen LogP contribution in [0.1, 0.15) is 93.9 Å². The first-order valence-electron chi connectivity index (χ1n) is 10.5. The summed E-state index contributed by atoms with van der Waals surface area (Å²) in [4.78, 5) is 28.1. The Balaban J connectivity index is 3.16. The average Bonchev–Trinajstić information content (AvgIpc) is 2.71. The Morgan fingerprint density at radius 3 is 1.81 bits per heavy atom. The van der Waals surface area contributed by atoms with Crippen molar-refractivity contribution in [3.05, 3.63) is 0 Å². The van der Waals surface area contributed by atoms with E-state index in [1.54, 1.807) is 4.90 Å². The van der Waals surface area contributed by atoms with Gasteiger partial charge in [-0.1, -0.05) is 54.4 Å². The number of amides is 2. The number of likely N-dealkylation sites (tertiary alicyclic amines) is 1. The molecule has 0 aromatic rings. The lowest BCUT2D eigenvalue weighted by molar-refractivity contribution is -0.143. The van der Waals surface area contributed by atoms with E-state index in [1.165, 1.54) is 0 Å². The molecule has 1 heterocycles. The predicted molar refractivity (Wildman–Crippen MR) is 109 cm³/mol. The number of carbonyl (C=O) groups excluding carboxylic acids is 2. The van der Waals surface area contributed by atoms with Crippen molar-refractivity contribution in [2.45, 2.75) is 105 Å². The molecule has 0 spiro atoms. The maximum absolute atomic E-state index is 13.3. The van der Waals surface area contributed by atoms with Crippen molar-refractivity contribution in [2.75, 3.05) is 0 Å². The third-order valence-electron chi connectivity index (χ3n) is 5.75. The summed E-state index contributed by atoms with van der Waals surface area (Å²) in [6, 6.07) is -0.115. The van der Waals surface area contributed by atoms with Crippen LogP contribution in [0.3, 0.4) is 0 Å². The highest BCUT2D eigenvalue weighted by atomic mass is 16.2. The lowest BCUT2D eigenvalue weighted by Gasteiger charge is -2.36. The van der Waals surface area contributed by atoms with Crippen LogP contribution in [0.5, 0.6) is 0 Å². The molecule has 1 rings (SSSR count). The van der Waals surface area contributed by atoms with E-state index >= 15 is 0 Å². The third-order valence-corrected chi connectivity index (χ3v) is 5.75. The standard InChI is InChI=1S/C22H42N2O2/c1-9-15(10-2)12-18-17(11-3)19(25)24(20(18)26)16(13-21(4,5)6)14-22(7,8)23/h15-18H,9-14,23H2,1-8H3. The zero-order chi connectivity index (χ0) is 20.3. The van der Waals surface area contributed by atoms with Crippen LogP contribution in [0.4, 0.5) is 0 Å². The van der Waals surface area contributed by atoms with Crippen molar-refractivity contribution in [2.24, 2.45) is 28.9 Å². The number of hydrogen-bond donors (Lipinski definition) is 1. The van der Waals surface area contributed by atoms with Crippen LogP contribution in [0.25, 0.3) is 0 Å². The van der Waals surface area contributed by atoms with E-state index < -0.39 is 5.54 Å². The van der Waals surface area contributed by atoms with Gasteiger partial charge in [0.15, 0.2) is 0 Å². The third kappa shape index (κ3) is 6.07. The Labute approximate surface area is 161 Å². The van der Waals surface area contributed by atoms with Gasteiger partial charge in [-0.25, -0.2) is 0 Å². The van der Waals surface area contributed by atoms with Crippen LogP contribution < -0.4 is 5.73 Å². The maximum Gasteiger partial charge on any atom is 0.233 e. The molecule has 152 valence electrons. The molecule has 1 aliphatic heterocycles. The largest absolute Gasteiger partial charge is 0.325 e. The van der Waals surface area contributed by atoms with Crippen LogP contribution in [0.15, 0.2) is 0 Å². The van der Waals surface area contributed by atoms with Crippen LogP contribution in [0.2, 0.25) is 0 Å². The average molecular weight is 367 g/mol. The number of imide groups is 1. The van der Waals surface area contributed by atoms with E-state index in [9.17, 15) is 9.59 Å². The van der Waals surface area contributed by atoms with Gasteiger partial charge in [-0.05, 0) is 50.9 Å². The molecule has 4 heteroatoms. The topological polar surface area (TPSA) is 63.4 Å². The Morgan fingerprint density at radius 2 is 1.42 bits per heavy atom. The van der Waals surface area contributed by atoms with Gasteiger partial charge in [0.1, 0.15) is 0 Å². The van der Waals surface area contributed by atoms with Crippen LogP contribution in [0, 0.1) is 23.2 Å². The van der Waals surface area contributed by atoms with E-state index in [0.29, 0.717) is 12.3 Å². The van der Waals surface area contributed by atoms with Gasteiger partial charge in [0.05, 0.1) is 5.92 Å². The zero-order valence-electron chi connectivity index (χ0n) is 18.4. The zero-order valence-corrected chi connectivity index (χ0v) is 18.4. The van der Waals surface area contributed by atoms with E-state index in [0.717, 1.165) is 32.1 Å². The molecule has 3 unspecified atom stereocenters. The molecule has 1 saturated heterocycles.